The van der Waals surface area contributed by atoms with Crippen LogP contribution in [0.25, 0.3) is 0 Å². The molecule has 2 aliphatic rings. The number of nitrogens with one attached hydrogen (secondary N) is 1. The Kier molecular flexibility index (Phi) is 3.54. The zero-order valence-electron chi connectivity index (χ0n) is 12.7. The molecule has 5 heteroatoms. The Hall–Kier alpha value is -0.390. The van der Waals surface area contributed by atoms with E-state index in [4.69, 9.17) is 0 Å². The molecule has 3 rings (SSSR count). The standard InChI is InChI=1S/C16H22BrNO2S/c1-15(2)11-7-8-16(3,10-11)14(15)18-21(19,20)13-6-4-5-12(17)9-13/h4-6,9,11,14,18H,7-8,10H2,1-3H3. The van der Waals surface area contributed by atoms with Gasteiger partial charge in [-0.15, -0.1) is 0 Å². The van der Waals surface area contributed by atoms with E-state index in [2.05, 4.69) is 41.4 Å². The fourth-order valence-electron chi connectivity index (χ4n) is 4.45. The summed E-state index contributed by atoms with van der Waals surface area (Å²) in [7, 11) is -3.48. The molecule has 2 fully saturated rings. The minimum absolute atomic E-state index is 0.00716. The van der Waals surface area contributed by atoms with Crippen LogP contribution in [0.5, 0.6) is 0 Å². The van der Waals surface area contributed by atoms with Crippen molar-refractivity contribution >= 4 is 26.0 Å². The van der Waals surface area contributed by atoms with Crippen LogP contribution in [0.4, 0.5) is 0 Å². The van der Waals surface area contributed by atoms with Crippen LogP contribution >= 0.6 is 15.9 Å². The predicted molar refractivity (Wildman–Crippen MR) is 87.5 cm³/mol. The van der Waals surface area contributed by atoms with Crippen LogP contribution in [0.1, 0.15) is 40.0 Å². The Morgan fingerprint density at radius 2 is 2.00 bits per heavy atom. The summed E-state index contributed by atoms with van der Waals surface area (Å²) in [6, 6.07) is 6.90. The fourth-order valence-corrected chi connectivity index (χ4v) is 6.58. The van der Waals surface area contributed by atoms with Crippen molar-refractivity contribution in [2.24, 2.45) is 16.7 Å². The third-order valence-electron chi connectivity index (χ3n) is 5.65. The number of fused-ring (bicyclic) bond motifs is 2. The summed E-state index contributed by atoms with van der Waals surface area (Å²) in [4.78, 5) is 0.332. The number of hydrogen-bond acceptors (Lipinski definition) is 2. The van der Waals surface area contributed by atoms with Gasteiger partial charge >= 0.3 is 0 Å². The van der Waals surface area contributed by atoms with Gasteiger partial charge in [0.1, 0.15) is 0 Å². The van der Waals surface area contributed by atoms with E-state index < -0.39 is 10.0 Å². The molecule has 0 spiro atoms. The van der Waals surface area contributed by atoms with E-state index in [-0.39, 0.29) is 16.9 Å². The highest BCUT2D eigenvalue weighted by Gasteiger charge is 2.60. The first kappa shape index (κ1) is 15.5. The normalized spacial score (nSPS) is 34.3. The molecule has 2 aliphatic carbocycles. The topological polar surface area (TPSA) is 46.2 Å². The van der Waals surface area contributed by atoms with Crippen LogP contribution < -0.4 is 4.72 Å². The molecule has 116 valence electrons. The minimum Gasteiger partial charge on any atom is -0.207 e. The van der Waals surface area contributed by atoms with Crippen molar-refractivity contribution in [2.75, 3.05) is 0 Å². The molecule has 2 bridgehead atoms. The predicted octanol–water partition coefficient (Wildman–Crippen LogP) is 3.94. The van der Waals surface area contributed by atoms with Gasteiger partial charge in [-0.1, -0.05) is 42.8 Å². The maximum absolute atomic E-state index is 12.7. The fraction of sp³-hybridized carbons (Fsp3) is 0.625. The summed E-state index contributed by atoms with van der Waals surface area (Å²) >= 11 is 3.34. The summed E-state index contributed by atoms with van der Waals surface area (Å²) in [6.45, 7) is 6.64. The van der Waals surface area contributed by atoms with Gasteiger partial charge in [0.25, 0.3) is 0 Å². The third kappa shape index (κ3) is 2.47. The largest absolute Gasteiger partial charge is 0.240 e. The van der Waals surface area contributed by atoms with Crippen molar-refractivity contribution in [1.82, 2.24) is 4.72 Å². The van der Waals surface area contributed by atoms with Crippen LogP contribution in [0.3, 0.4) is 0 Å². The van der Waals surface area contributed by atoms with E-state index in [1.807, 2.05) is 6.07 Å². The highest BCUT2D eigenvalue weighted by molar-refractivity contribution is 9.10. The number of sulfonamides is 1. The van der Waals surface area contributed by atoms with Crippen LogP contribution in [0, 0.1) is 16.7 Å². The van der Waals surface area contributed by atoms with E-state index in [0.717, 1.165) is 17.3 Å². The van der Waals surface area contributed by atoms with E-state index in [0.29, 0.717) is 10.8 Å². The first-order valence-electron chi connectivity index (χ1n) is 7.43. The maximum atomic E-state index is 12.7. The van der Waals surface area contributed by atoms with Crippen molar-refractivity contribution in [3.05, 3.63) is 28.7 Å². The summed E-state index contributed by atoms with van der Waals surface area (Å²) < 4.78 is 29.2. The van der Waals surface area contributed by atoms with Gasteiger partial charge < -0.3 is 0 Å². The molecule has 3 atom stereocenters. The zero-order chi connectivity index (χ0) is 15.5. The second kappa shape index (κ2) is 4.80. The lowest BCUT2D eigenvalue weighted by molar-refractivity contribution is 0.127. The lowest BCUT2D eigenvalue weighted by Gasteiger charge is -2.42. The van der Waals surface area contributed by atoms with E-state index in [1.54, 1.807) is 18.2 Å². The summed E-state index contributed by atoms with van der Waals surface area (Å²) in [6.07, 6.45) is 3.47. The molecule has 1 N–H and O–H groups in total. The Bertz CT molecular complexity index is 666. The molecule has 1 aromatic carbocycles. The minimum atomic E-state index is -3.48. The quantitative estimate of drug-likeness (QED) is 0.874. The number of benzene rings is 1. The first-order valence-corrected chi connectivity index (χ1v) is 9.71. The van der Waals surface area contributed by atoms with Crippen molar-refractivity contribution in [3.8, 4) is 0 Å². The number of rotatable bonds is 3. The lowest BCUT2D eigenvalue weighted by atomic mass is 9.69. The molecule has 0 radical (unpaired) electrons. The van der Waals surface area contributed by atoms with Gasteiger partial charge in [-0.05, 0) is 54.2 Å². The zero-order valence-corrected chi connectivity index (χ0v) is 15.1. The monoisotopic (exact) mass is 371 g/mol. The van der Waals surface area contributed by atoms with Crippen molar-refractivity contribution in [2.45, 2.75) is 51.0 Å². The Morgan fingerprint density at radius 3 is 2.57 bits per heavy atom. The summed E-state index contributed by atoms with van der Waals surface area (Å²) in [5, 5.41) is 0. The molecule has 0 amide bonds. The van der Waals surface area contributed by atoms with Crippen LogP contribution in [-0.4, -0.2) is 14.5 Å². The smallest absolute Gasteiger partial charge is 0.207 e. The van der Waals surface area contributed by atoms with Gasteiger partial charge in [0, 0.05) is 10.5 Å². The van der Waals surface area contributed by atoms with Gasteiger partial charge in [0.05, 0.1) is 4.90 Å². The molecule has 21 heavy (non-hydrogen) atoms. The van der Waals surface area contributed by atoms with E-state index >= 15 is 0 Å². The number of halogens is 1. The Balaban J connectivity index is 1.93. The van der Waals surface area contributed by atoms with Crippen LogP contribution in [0.15, 0.2) is 33.6 Å². The molecular formula is C16H22BrNO2S. The van der Waals surface area contributed by atoms with Gasteiger partial charge in [-0.25, -0.2) is 13.1 Å². The summed E-state index contributed by atoms with van der Waals surface area (Å²) in [5.41, 5.74) is 0.110. The second-order valence-corrected chi connectivity index (χ2v) is 10.1. The molecule has 0 aromatic heterocycles. The van der Waals surface area contributed by atoms with Crippen LogP contribution in [0.2, 0.25) is 0 Å². The third-order valence-corrected chi connectivity index (χ3v) is 7.56. The molecule has 0 aliphatic heterocycles. The molecular weight excluding hydrogens is 350 g/mol. The highest BCUT2D eigenvalue weighted by atomic mass is 79.9. The number of hydrogen-bond donors (Lipinski definition) is 1. The molecule has 0 heterocycles. The van der Waals surface area contributed by atoms with Crippen molar-refractivity contribution < 1.29 is 8.42 Å². The average molecular weight is 372 g/mol. The Labute approximate surface area is 135 Å². The van der Waals surface area contributed by atoms with Crippen molar-refractivity contribution in [1.29, 1.82) is 0 Å². The molecule has 3 nitrogen and oxygen atoms in total. The van der Waals surface area contributed by atoms with E-state index in [1.165, 1.54) is 6.42 Å². The van der Waals surface area contributed by atoms with Gasteiger partial charge in [-0.3, -0.25) is 0 Å². The van der Waals surface area contributed by atoms with E-state index in [9.17, 15) is 8.42 Å². The van der Waals surface area contributed by atoms with Crippen LogP contribution in [-0.2, 0) is 10.0 Å². The highest BCUT2D eigenvalue weighted by Crippen LogP contribution is 2.62. The molecule has 0 saturated heterocycles. The maximum Gasteiger partial charge on any atom is 0.240 e. The SMILES string of the molecule is CC12CCC(C1)C(C)(C)C2NS(=O)(=O)c1cccc(Br)c1. The summed E-state index contributed by atoms with van der Waals surface area (Å²) in [5.74, 6) is 0.623. The second-order valence-electron chi connectivity index (χ2n) is 7.43. The van der Waals surface area contributed by atoms with Gasteiger partial charge in [-0.2, -0.15) is 0 Å². The van der Waals surface area contributed by atoms with Crippen molar-refractivity contribution in [3.63, 3.8) is 0 Å². The molecule has 3 unspecified atom stereocenters. The van der Waals surface area contributed by atoms with Gasteiger partial charge in [0.2, 0.25) is 10.0 Å². The molecule has 1 aromatic rings. The Morgan fingerprint density at radius 1 is 1.29 bits per heavy atom. The first-order chi connectivity index (χ1) is 9.65. The lowest BCUT2D eigenvalue weighted by Crippen LogP contribution is -2.52. The average Bonchev–Trinajstić information content (AvgIpc) is 2.86. The molecule has 2 saturated carbocycles. The van der Waals surface area contributed by atoms with Gasteiger partial charge in [0.15, 0.2) is 0 Å².